The number of benzene rings is 1. The molecule has 0 heterocycles. The summed E-state index contributed by atoms with van der Waals surface area (Å²) in [4.78, 5) is 23.8. The van der Waals surface area contributed by atoms with Crippen molar-refractivity contribution in [2.75, 3.05) is 5.32 Å². The van der Waals surface area contributed by atoms with Crippen molar-refractivity contribution in [3.8, 4) is 0 Å². The molecule has 2 N–H and O–H groups in total. The van der Waals surface area contributed by atoms with Crippen LogP contribution >= 0.6 is 0 Å². The molecule has 122 valence electrons. The molecule has 1 aromatic carbocycles. The van der Waals surface area contributed by atoms with E-state index in [4.69, 9.17) is 0 Å². The van der Waals surface area contributed by atoms with E-state index in [9.17, 15) is 9.59 Å². The average Bonchev–Trinajstić information content (AvgIpc) is 3.27. The zero-order valence-electron chi connectivity index (χ0n) is 13.5. The van der Waals surface area contributed by atoms with Crippen LogP contribution in [0.25, 0.3) is 0 Å². The van der Waals surface area contributed by atoms with Crippen LogP contribution in [0.1, 0.15) is 50.6 Å². The molecular weight excluding hydrogens is 288 g/mol. The zero-order valence-corrected chi connectivity index (χ0v) is 13.5. The molecule has 3 rings (SSSR count). The molecule has 0 bridgehead atoms. The van der Waals surface area contributed by atoms with E-state index in [0.717, 1.165) is 36.9 Å². The van der Waals surface area contributed by atoms with E-state index in [0.29, 0.717) is 12.3 Å². The molecule has 2 amide bonds. The summed E-state index contributed by atoms with van der Waals surface area (Å²) < 4.78 is 0. The number of carbonyl (C=O) groups excluding carboxylic acids is 2. The highest BCUT2D eigenvalue weighted by Gasteiger charge is 2.29. The first-order valence-electron chi connectivity index (χ1n) is 8.48. The van der Waals surface area contributed by atoms with Crippen LogP contribution in [0.5, 0.6) is 0 Å². The van der Waals surface area contributed by atoms with E-state index < -0.39 is 0 Å². The van der Waals surface area contributed by atoms with Gasteiger partial charge in [0.05, 0.1) is 6.04 Å². The Bertz CT molecular complexity index is 602. The molecule has 1 aromatic rings. The summed E-state index contributed by atoms with van der Waals surface area (Å²) in [5, 5.41) is 5.98. The number of nitrogens with one attached hydrogen (secondary N) is 2. The molecule has 1 fully saturated rings. The molecule has 0 saturated heterocycles. The molecule has 0 spiro atoms. The second-order valence-electron chi connectivity index (χ2n) is 6.64. The van der Waals surface area contributed by atoms with Gasteiger partial charge in [0.15, 0.2) is 0 Å². The summed E-state index contributed by atoms with van der Waals surface area (Å²) in [6.07, 6.45) is 9.03. The zero-order chi connectivity index (χ0) is 16.2. The van der Waals surface area contributed by atoms with Gasteiger partial charge < -0.3 is 10.6 Å². The average molecular weight is 312 g/mol. The first-order chi connectivity index (χ1) is 11.1. The summed E-state index contributed by atoms with van der Waals surface area (Å²) in [5.41, 5.74) is 1.87. The largest absolute Gasteiger partial charge is 0.350 e. The number of hydrogen-bond acceptors (Lipinski definition) is 2. The Kier molecular flexibility index (Phi) is 4.79. The molecule has 4 nitrogen and oxygen atoms in total. The molecule has 0 aromatic heterocycles. The van der Waals surface area contributed by atoms with E-state index in [1.54, 1.807) is 0 Å². The Hall–Kier alpha value is -2.10. The minimum Gasteiger partial charge on any atom is -0.350 e. The van der Waals surface area contributed by atoms with Crippen LogP contribution in [-0.2, 0) is 9.59 Å². The Labute approximate surface area is 137 Å². The highest BCUT2D eigenvalue weighted by molar-refractivity contribution is 5.94. The van der Waals surface area contributed by atoms with Gasteiger partial charge in [0.1, 0.15) is 0 Å². The molecular formula is C19H24N2O2. The SMILES string of the molecule is C[C@H](NC(=O)C[C@@H]1C=CCC1)c1ccc(NC(=O)C2CC2)cc1. The predicted molar refractivity (Wildman–Crippen MR) is 90.8 cm³/mol. The first kappa shape index (κ1) is 15.8. The second-order valence-corrected chi connectivity index (χ2v) is 6.64. The lowest BCUT2D eigenvalue weighted by Crippen LogP contribution is -2.27. The van der Waals surface area contributed by atoms with Crippen LogP contribution < -0.4 is 10.6 Å². The van der Waals surface area contributed by atoms with Gasteiger partial charge in [-0.15, -0.1) is 0 Å². The number of anilines is 1. The third-order valence-electron chi connectivity index (χ3n) is 4.56. The minimum absolute atomic E-state index is 0.0268. The summed E-state index contributed by atoms with van der Waals surface area (Å²) in [6, 6.07) is 7.70. The normalized spacial score (nSPS) is 21.0. The van der Waals surface area contributed by atoms with Crippen LogP contribution in [0.15, 0.2) is 36.4 Å². The highest BCUT2D eigenvalue weighted by Crippen LogP contribution is 2.30. The third kappa shape index (κ3) is 4.44. The molecule has 2 aliphatic carbocycles. The third-order valence-corrected chi connectivity index (χ3v) is 4.56. The van der Waals surface area contributed by atoms with Crippen molar-refractivity contribution < 1.29 is 9.59 Å². The quantitative estimate of drug-likeness (QED) is 0.789. The lowest BCUT2D eigenvalue weighted by atomic mass is 10.0. The van der Waals surface area contributed by atoms with Gasteiger partial charge in [-0.2, -0.15) is 0 Å². The molecule has 1 saturated carbocycles. The van der Waals surface area contributed by atoms with Gasteiger partial charge in [-0.1, -0.05) is 24.3 Å². The Balaban J connectivity index is 1.50. The molecule has 23 heavy (non-hydrogen) atoms. The van der Waals surface area contributed by atoms with E-state index in [1.807, 2.05) is 31.2 Å². The smallest absolute Gasteiger partial charge is 0.227 e. The Morgan fingerprint density at radius 2 is 1.91 bits per heavy atom. The second kappa shape index (κ2) is 6.99. The van der Waals surface area contributed by atoms with Gasteiger partial charge in [-0.25, -0.2) is 0 Å². The van der Waals surface area contributed by atoms with Crippen LogP contribution in [0.4, 0.5) is 5.69 Å². The summed E-state index contributed by atoms with van der Waals surface area (Å²) >= 11 is 0. The fourth-order valence-corrected chi connectivity index (χ4v) is 2.93. The standard InChI is InChI=1S/C19H24N2O2/c1-13(20-18(22)12-14-4-2-3-5-14)15-8-10-17(11-9-15)21-19(23)16-6-7-16/h2,4,8-11,13-14,16H,3,5-7,12H2,1H3,(H,20,22)(H,21,23)/t13-,14+/m0/s1. The summed E-state index contributed by atoms with van der Waals surface area (Å²) in [6.45, 7) is 1.99. The van der Waals surface area contributed by atoms with Crippen LogP contribution in [0.3, 0.4) is 0 Å². The van der Waals surface area contributed by atoms with Gasteiger partial charge in [0.25, 0.3) is 0 Å². The monoisotopic (exact) mass is 312 g/mol. The van der Waals surface area contributed by atoms with Gasteiger partial charge in [-0.05, 0) is 56.2 Å². The fourth-order valence-electron chi connectivity index (χ4n) is 2.93. The number of hydrogen-bond donors (Lipinski definition) is 2. The van der Waals surface area contributed by atoms with E-state index in [2.05, 4.69) is 22.8 Å². The lowest BCUT2D eigenvalue weighted by Gasteiger charge is -2.16. The topological polar surface area (TPSA) is 58.2 Å². The minimum atomic E-state index is -0.0268. The Morgan fingerprint density at radius 1 is 1.17 bits per heavy atom. The lowest BCUT2D eigenvalue weighted by molar-refractivity contribution is -0.122. The van der Waals surface area contributed by atoms with Crippen molar-refractivity contribution in [2.45, 2.75) is 45.1 Å². The van der Waals surface area contributed by atoms with Crippen LogP contribution in [-0.4, -0.2) is 11.8 Å². The molecule has 2 atom stereocenters. The predicted octanol–water partition coefficient (Wildman–Crippen LogP) is 3.57. The van der Waals surface area contributed by atoms with Crippen molar-refractivity contribution in [1.82, 2.24) is 5.32 Å². The van der Waals surface area contributed by atoms with Crippen LogP contribution in [0.2, 0.25) is 0 Å². The molecule has 0 unspecified atom stereocenters. The van der Waals surface area contributed by atoms with Crippen molar-refractivity contribution in [3.63, 3.8) is 0 Å². The summed E-state index contributed by atoms with van der Waals surface area (Å²) in [5.74, 6) is 0.809. The first-order valence-corrected chi connectivity index (χ1v) is 8.48. The maximum atomic E-state index is 12.1. The fraction of sp³-hybridized carbons (Fsp3) is 0.474. The van der Waals surface area contributed by atoms with Crippen molar-refractivity contribution >= 4 is 17.5 Å². The van der Waals surface area contributed by atoms with Crippen molar-refractivity contribution in [1.29, 1.82) is 0 Å². The molecule has 0 radical (unpaired) electrons. The molecule has 4 heteroatoms. The van der Waals surface area contributed by atoms with Gasteiger partial charge in [0.2, 0.25) is 11.8 Å². The van der Waals surface area contributed by atoms with E-state index >= 15 is 0 Å². The van der Waals surface area contributed by atoms with Crippen molar-refractivity contribution in [2.24, 2.45) is 11.8 Å². The van der Waals surface area contributed by atoms with Gasteiger partial charge >= 0.3 is 0 Å². The van der Waals surface area contributed by atoms with Crippen LogP contribution in [0, 0.1) is 11.8 Å². The van der Waals surface area contributed by atoms with E-state index in [-0.39, 0.29) is 23.8 Å². The van der Waals surface area contributed by atoms with Crippen molar-refractivity contribution in [3.05, 3.63) is 42.0 Å². The number of amides is 2. The maximum absolute atomic E-state index is 12.1. The number of carbonyl (C=O) groups is 2. The Morgan fingerprint density at radius 3 is 2.52 bits per heavy atom. The maximum Gasteiger partial charge on any atom is 0.227 e. The van der Waals surface area contributed by atoms with Gasteiger partial charge in [-0.3, -0.25) is 9.59 Å². The van der Waals surface area contributed by atoms with E-state index in [1.165, 1.54) is 0 Å². The molecule has 2 aliphatic rings. The number of allylic oxidation sites excluding steroid dienone is 2. The number of rotatable bonds is 6. The highest BCUT2D eigenvalue weighted by atomic mass is 16.2. The summed E-state index contributed by atoms with van der Waals surface area (Å²) in [7, 11) is 0. The molecule has 0 aliphatic heterocycles. The van der Waals surface area contributed by atoms with Gasteiger partial charge in [0, 0.05) is 18.0 Å².